The predicted molar refractivity (Wildman–Crippen MR) is 96.9 cm³/mol. The van der Waals surface area contributed by atoms with Crippen LogP contribution in [-0.4, -0.2) is 45.5 Å². The summed E-state index contributed by atoms with van der Waals surface area (Å²) in [5, 5.41) is 8.95. The van der Waals surface area contributed by atoms with Gasteiger partial charge in [0.15, 0.2) is 0 Å². The van der Waals surface area contributed by atoms with Crippen LogP contribution in [0.2, 0.25) is 0 Å². The molecule has 0 saturated heterocycles. The zero-order valence-corrected chi connectivity index (χ0v) is 11.9. The molecular formula is C17H20NNaO2S. The van der Waals surface area contributed by atoms with Gasteiger partial charge in [-0.2, -0.15) is 0 Å². The van der Waals surface area contributed by atoms with Crippen molar-refractivity contribution >= 4 is 52.6 Å². The average Bonchev–Trinajstić information content (AvgIpc) is 2.46. The molecule has 0 radical (unpaired) electrons. The Morgan fingerprint density at radius 3 is 2.27 bits per heavy atom. The molecule has 22 heavy (non-hydrogen) atoms. The Hall–Kier alpha value is -1.04. The van der Waals surface area contributed by atoms with E-state index >= 15 is 0 Å². The van der Waals surface area contributed by atoms with Gasteiger partial charge in [-0.1, -0.05) is 67.7 Å². The van der Waals surface area contributed by atoms with Crippen LogP contribution in [0.4, 0.5) is 0 Å². The molecule has 0 aliphatic carbocycles. The number of carboxylic acid groups (broad SMARTS) is 1. The van der Waals surface area contributed by atoms with E-state index < -0.39 is 12.0 Å². The molecule has 3 nitrogen and oxygen atoms in total. The number of aryl methyl sites for hydroxylation is 1. The van der Waals surface area contributed by atoms with Crippen molar-refractivity contribution in [1.29, 1.82) is 0 Å². The fourth-order valence-corrected chi connectivity index (χ4v) is 2.15. The first-order valence-electron chi connectivity index (χ1n) is 6.19. The van der Waals surface area contributed by atoms with Crippen molar-refractivity contribution in [3.05, 3.63) is 70.8 Å². The molecule has 2 aromatic carbocycles. The molecule has 0 aliphatic heterocycles. The first kappa shape index (κ1) is 21.0. The van der Waals surface area contributed by atoms with Gasteiger partial charge in [0.05, 0.1) is 4.86 Å². The van der Waals surface area contributed by atoms with Gasteiger partial charge in [0.2, 0.25) is 0 Å². The van der Waals surface area contributed by atoms with Gasteiger partial charge in [-0.15, -0.1) is 0 Å². The van der Waals surface area contributed by atoms with Gasteiger partial charge >= 0.3 is 35.5 Å². The maximum atomic E-state index is 10.9. The Morgan fingerprint density at radius 1 is 1.14 bits per heavy atom. The second-order valence-corrected chi connectivity index (χ2v) is 5.04. The fraction of sp³-hybridized carbons (Fsp3) is 0.176. The summed E-state index contributed by atoms with van der Waals surface area (Å²) in [5.74, 6) is -1.05. The molecule has 0 fully saturated rings. The zero-order chi connectivity index (χ0) is 14.7. The summed E-state index contributed by atoms with van der Waals surface area (Å²) in [7, 11) is 0. The topological polar surface area (TPSA) is 63.3 Å². The molecule has 2 rings (SSSR count). The van der Waals surface area contributed by atoms with Crippen molar-refractivity contribution in [3.8, 4) is 0 Å². The van der Waals surface area contributed by atoms with Gasteiger partial charge in [-0.25, -0.2) is 0 Å². The zero-order valence-electron chi connectivity index (χ0n) is 11.0. The maximum absolute atomic E-state index is 10.9. The standard InChI is InChI=1S/C16H15NO2S.CH4.Na.H/c1-10-5-7-11(8-6-10)15(20)13-4-2-3-12(9-13)14(17)16(18)19;;;/h2-9,14H,17H2,1H3,(H,18,19);1H4;;. The van der Waals surface area contributed by atoms with Crippen LogP contribution in [0.3, 0.4) is 0 Å². The van der Waals surface area contributed by atoms with Crippen LogP contribution in [0.1, 0.15) is 35.7 Å². The summed E-state index contributed by atoms with van der Waals surface area (Å²) in [4.78, 5) is 11.6. The van der Waals surface area contributed by atoms with Crippen LogP contribution < -0.4 is 5.73 Å². The van der Waals surface area contributed by atoms with E-state index in [4.69, 9.17) is 23.1 Å². The SMILES string of the molecule is C.Cc1ccc(C(=S)c2cccc(C(N)C(=O)O)c2)cc1.[NaH]. The number of thiocarbonyl (C=S) groups is 1. The third-order valence-electron chi connectivity index (χ3n) is 3.09. The molecule has 5 heteroatoms. The Labute approximate surface area is 158 Å². The summed E-state index contributed by atoms with van der Waals surface area (Å²) in [6.07, 6.45) is 0. The van der Waals surface area contributed by atoms with Gasteiger partial charge < -0.3 is 10.8 Å². The normalized spacial score (nSPS) is 10.8. The van der Waals surface area contributed by atoms with E-state index in [9.17, 15) is 4.79 Å². The Kier molecular flexibility index (Phi) is 8.74. The fourth-order valence-electron chi connectivity index (χ4n) is 1.89. The number of carbonyl (C=O) groups is 1. The quantitative estimate of drug-likeness (QED) is 0.515. The number of rotatable bonds is 4. The molecule has 0 amide bonds. The molecule has 0 aromatic heterocycles. The summed E-state index contributed by atoms with van der Waals surface area (Å²) in [5.41, 5.74) is 9.07. The Balaban J connectivity index is 0.00000220. The molecule has 0 spiro atoms. The van der Waals surface area contributed by atoms with Crippen LogP contribution >= 0.6 is 12.2 Å². The number of carboxylic acids is 1. The van der Waals surface area contributed by atoms with E-state index in [0.29, 0.717) is 10.4 Å². The van der Waals surface area contributed by atoms with E-state index in [0.717, 1.165) is 11.1 Å². The van der Waals surface area contributed by atoms with E-state index in [1.54, 1.807) is 18.2 Å². The summed E-state index contributed by atoms with van der Waals surface area (Å²) in [6, 6.07) is 13.9. The minimum absolute atomic E-state index is 0. The van der Waals surface area contributed by atoms with Crippen molar-refractivity contribution in [2.75, 3.05) is 0 Å². The first-order valence-corrected chi connectivity index (χ1v) is 6.59. The molecule has 0 bridgehead atoms. The number of hydrogen-bond acceptors (Lipinski definition) is 3. The van der Waals surface area contributed by atoms with E-state index in [1.165, 1.54) is 5.56 Å². The molecule has 3 N–H and O–H groups in total. The van der Waals surface area contributed by atoms with Gasteiger partial charge in [0.25, 0.3) is 0 Å². The van der Waals surface area contributed by atoms with Crippen molar-refractivity contribution in [3.63, 3.8) is 0 Å². The molecule has 0 aliphatic rings. The number of hydrogen-bond donors (Lipinski definition) is 2. The van der Waals surface area contributed by atoms with Crippen molar-refractivity contribution in [2.24, 2.45) is 5.73 Å². The van der Waals surface area contributed by atoms with Crippen LogP contribution in [-0.2, 0) is 4.79 Å². The molecule has 2 aromatic rings. The van der Waals surface area contributed by atoms with Crippen molar-refractivity contribution in [1.82, 2.24) is 0 Å². The van der Waals surface area contributed by atoms with Crippen LogP contribution in [0.15, 0.2) is 48.5 Å². The number of benzene rings is 2. The summed E-state index contributed by atoms with van der Waals surface area (Å²) < 4.78 is 0. The van der Waals surface area contributed by atoms with E-state index in [1.807, 2.05) is 37.3 Å². The monoisotopic (exact) mass is 325 g/mol. The van der Waals surface area contributed by atoms with Crippen LogP contribution in [0.5, 0.6) is 0 Å². The first-order chi connectivity index (χ1) is 9.49. The summed E-state index contributed by atoms with van der Waals surface area (Å²) in [6.45, 7) is 2.01. The van der Waals surface area contributed by atoms with E-state index in [-0.39, 0.29) is 37.0 Å². The average molecular weight is 325 g/mol. The molecule has 0 heterocycles. The second kappa shape index (κ2) is 9.18. The predicted octanol–water partition coefficient (Wildman–Crippen LogP) is 2.83. The van der Waals surface area contributed by atoms with Gasteiger partial charge in [0, 0.05) is 0 Å². The minimum atomic E-state index is -1.05. The Morgan fingerprint density at radius 2 is 1.73 bits per heavy atom. The third kappa shape index (κ3) is 5.00. The van der Waals surface area contributed by atoms with Crippen LogP contribution in [0.25, 0.3) is 0 Å². The molecule has 0 saturated carbocycles. The molecule has 1 atom stereocenters. The molecular weight excluding hydrogens is 305 g/mol. The molecule has 1 unspecified atom stereocenters. The van der Waals surface area contributed by atoms with Crippen molar-refractivity contribution in [2.45, 2.75) is 20.4 Å². The van der Waals surface area contributed by atoms with E-state index in [2.05, 4.69) is 0 Å². The Bertz CT molecular complexity index is 656. The van der Waals surface area contributed by atoms with Gasteiger partial charge in [-0.3, -0.25) is 4.79 Å². The number of aliphatic carboxylic acids is 1. The third-order valence-corrected chi connectivity index (χ3v) is 3.56. The second-order valence-electron chi connectivity index (χ2n) is 4.64. The van der Waals surface area contributed by atoms with Crippen LogP contribution in [0, 0.1) is 6.92 Å². The van der Waals surface area contributed by atoms with Gasteiger partial charge in [-0.05, 0) is 29.7 Å². The molecule has 112 valence electrons. The van der Waals surface area contributed by atoms with Gasteiger partial charge in [0.1, 0.15) is 6.04 Å². The van der Waals surface area contributed by atoms with Crippen molar-refractivity contribution < 1.29 is 9.90 Å². The number of nitrogens with two attached hydrogens (primary N) is 1. The summed E-state index contributed by atoms with van der Waals surface area (Å²) >= 11 is 5.45.